The number of likely N-dealkylation sites (tertiary alicyclic amines) is 1. The number of methoxy groups -OCH3 is 1. The maximum atomic E-state index is 12.9. The summed E-state index contributed by atoms with van der Waals surface area (Å²) in [5, 5.41) is 4.57. The smallest absolute Gasteiger partial charge is 0.259 e. The van der Waals surface area contributed by atoms with Gasteiger partial charge in [-0.25, -0.2) is 9.97 Å². The van der Waals surface area contributed by atoms with Gasteiger partial charge in [-0.3, -0.25) is 14.6 Å². The van der Waals surface area contributed by atoms with Crippen LogP contribution in [0.5, 0.6) is 5.88 Å². The van der Waals surface area contributed by atoms with Gasteiger partial charge in [0, 0.05) is 25.0 Å². The van der Waals surface area contributed by atoms with Crippen molar-refractivity contribution >= 4 is 28.2 Å². The predicted molar refractivity (Wildman–Crippen MR) is 152 cm³/mol. The van der Waals surface area contributed by atoms with E-state index in [9.17, 15) is 9.59 Å². The number of amides is 1. The first-order valence-electron chi connectivity index (χ1n) is 13.5. The Morgan fingerprint density at radius 1 is 1.12 bits per heavy atom. The van der Waals surface area contributed by atoms with Crippen molar-refractivity contribution < 1.29 is 14.3 Å². The Bertz CT molecular complexity index is 1640. The number of ether oxygens (including phenoxy) is 2. The first-order chi connectivity index (χ1) is 19.3. The number of rotatable bonds is 6. The van der Waals surface area contributed by atoms with Crippen LogP contribution in [0.1, 0.15) is 36.8 Å². The second kappa shape index (κ2) is 10.3. The molecule has 2 saturated heterocycles. The molecule has 6 rings (SSSR count). The average Bonchev–Trinajstić information content (AvgIpc) is 2.95. The second-order valence-electron chi connectivity index (χ2n) is 10.9. The van der Waals surface area contributed by atoms with Crippen LogP contribution in [-0.2, 0) is 9.53 Å². The van der Waals surface area contributed by atoms with Crippen LogP contribution in [0.4, 0.5) is 11.5 Å². The number of aromatic nitrogens is 4. The van der Waals surface area contributed by atoms with E-state index in [4.69, 9.17) is 14.5 Å². The van der Waals surface area contributed by atoms with Crippen molar-refractivity contribution in [1.29, 1.82) is 0 Å². The number of hydrogen-bond donors (Lipinski definition) is 2. The van der Waals surface area contributed by atoms with Crippen LogP contribution in [0.15, 0.2) is 53.7 Å². The fraction of sp³-hybridized carbons (Fsp3) is 0.367. The molecule has 0 atom stereocenters. The molecule has 0 saturated carbocycles. The summed E-state index contributed by atoms with van der Waals surface area (Å²) in [6, 6.07) is 9.91. The zero-order valence-corrected chi connectivity index (χ0v) is 22.9. The third kappa shape index (κ3) is 4.79. The number of nitrogens with zero attached hydrogens (tertiary/aromatic N) is 4. The van der Waals surface area contributed by atoms with E-state index in [1.54, 1.807) is 12.4 Å². The number of anilines is 2. The molecular weight excluding hydrogens is 508 g/mol. The van der Waals surface area contributed by atoms with E-state index < -0.39 is 0 Å². The quantitative estimate of drug-likeness (QED) is 0.374. The molecule has 2 fully saturated rings. The Morgan fingerprint density at radius 2 is 1.93 bits per heavy atom. The second-order valence-corrected chi connectivity index (χ2v) is 10.9. The molecule has 1 amide bonds. The molecule has 0 radical (unpaired) electrons. The lowest BCUT2D eigenvalue weighted by atomic mass is 9.83. The standard InChI is InChI=1S/C30H32N6O4/c1-18-12-21(4-5-22(18)19-7-10-36(11-8-19)29(38)30(2)16-40-17-30)33-27-26-20(6-9-32-28(26)37)13-23(35-27)24-14-31-15-25(34-24)39-3/h4-6,9,12-15,19H,7-8,10-11,16-17H2,1-3H3,(H,32,37)(H,33,35). The molecule has 10 heteroatoms. The zero-order chi connectivity index (χ0) is 27.9. The van der Waals surface area contributed by atoms with Gasteiger partial charge in [0.25, 0.3) is 5.56 Å². The van der Waals surface area contributed by atoms with E-state index in [0.29, 0.717) is 47.6 Å². The number of carbonyl (C=O) groups excluding carboxylic acids is 1. The lowest BCUT2D eigenvalue weighted by Crippen LogP contribution is -2.54. The Kier molecular flexibility index (Phi) is 6.71. The van der Waals surface area contributed by atoms with Gasteiger partial charge in [-0.05, 0) is 73.4 Å². The number of H-pyrrole nitrogens is 1. The van der Waals surface area contributed by atoms with Crippen molar-refractivity contribution in [2.75, 3.05) is 38.7 Å². The molecule has 40 heavy (non-hydrogen) atoms. The van der Waals surface area contributed by atoms with Gasteiger partial charge >= 0.3 is 0 Å². The molecule has 0 aliphatic carbocycles. The van der Waals surface area contributed by atoms with Crippen molar-refractivity contribution in [3.8, 4) is 17.3 Å². The number of aromatic amines is 1. The third-order valence-electron chi connectivity index (χ3n) is 7.95. The van der Waals surface area contributed by atoms with Gasteiger partial charge in [0.1, 0.15) is 11.5 Å². The van der Waals surface area contributed by atoms with Crippen LogP contribution in [0.3, 0.4) is 0 Å². The SMILES string of the molecule is COc1cncc(-c2cc3cc[nH]c(=O)c3c(Nc3ccc(C4CCN(C(=O)C5(C)COC5)CC4)c(C)c3)n2)n1. The van der Waals surface area contributed by atoms with Crippen LogP contribution >= 0.6 is 0 Å². The summed E-state index contributed by atoms with van der Waals surface area (Å²) in [5.74, 6) is 1.42. The number of pyridine rings is 2. The van der Waals surface area contributed by atoms with Gasteiger partial charge < -0.3 is 24.7 Å². The highest BCUT2D eigenvalue weighted by Crippen LogP contribution is 2.36. The van der Waals surface area contributed by atoms with E-state index in [1.807, 2.05) is 30.0 Å². The monoisotopic (exact) mass is 540 g/mol. The third-order valence-corrected chi connectivity index (χ3v) is 7.95. The molecule has 0 bridgehead atoms. The normalized spacial score (nSPS) is 16.9. The zero-order valence-electron chi connectivity index (χ0n) is 22.9. The largest absolute Gasteiger partial charge is 0.480 e. The van der Waals surface area contributed by atoms with E-state index in [0.717, 1.165) is 42.6 Å². The predicted octanol–water partition coefficient (Wildman–Crippen LogP) is 4.18. The summed E-state index contributed by atoms with van der Waals surface area (Å²) < 4.78 is 10.5. The highest BCUT2D eigenvalue weighted by atomic mass is 16.5. The summed E-state index contributed by atoms with van der Waals surface area (Å²) in [5.41, 5.74) is 3.80. The first-order valence-corrected chi connectivity index (χ1v) is 13.5. The van der Waals surface area contributed by atoms with Gasteiger partial charge in [0.15, 0.2) is 0 Å². The lowest BCUT2D eigenvalue weighted by molar-refractivity contribution is -0.169. The molecule has 1 aromatic carbocycles. The van der Waals surface area contributed by atoms with Crippen molar-refractivity contribution in [2.45, 2.75) is 32.6 Å². The fourth-order valence-corrected chi connectivity index (χ4v) is 5.66. The van der Waals surface area contributed by atoms with Crippen molar-refractivity contribution in [1.82, 2.24) is 24.8 Å². The van der Waals surface area contributed by atoms with Gasteiger partial charge in [0.2, 0.25) is 11.8 Å². The summed E-state index contributed by atoms with van der Waals surface area (Å²) in [7, 11) is 1.54. The molecule has 206 valence electrons. The molecule has 5 heterocycles. The van der Waals surface area contributed by atoms with E-state index in [-0.39, 0.29) is 16.9 Å². The van der Waals surface area contributed by atoms with E-state index in [2.05, 4.69) is 39.3 Å². The minimum absolute atomic E-state index is 0.213. The minimum atomic E-state index is -0.355. The fourth-order valence-electron chi connectivity index (χ4n) is 5.66. The molecule has 2 aliphatic rings. The van der Waals surface area contributed by atoms with E-state index in [1.165, 1.54) is 18.9 Å². The molecule has 2 aliphatic heterocycles. The summed E-state index contributed by atoms with van der Waals surface area (Å²) in [6.07, 6.45) is 6.63. The topological polar surface area (TPSA) is 122 Å². The van der Waals surface area contributed by atoms with Crippen LogP contribution in [0, 0.1) is 12.3 Å². The van der Waals surface area contributed by atoms with Gasteiger partial charge in [-0.2, -0.15) is 0 Å². The Labute approximate surface area is 231 Å². The van der Waals surface area contributed by atoms with Crippen LogP contribution in [0.25, 0.3) is 22.2 Å². The van der Waals surface area contributed by atoms with Crippen molar-refractivity contribution in [2.24, 2.45) is 5.41 Å². The van der Waals surface area contributed by atoms with Crippen LogP contribution in [-0.4, -0.2) is 64.2 Å². The molecule has 0 unspecified atom stereocenters. The number of hydrogen-bond acceptors (Lipinski definition) is 8. The van der Waals surface area contributed by atoms with Crippen LogP contribution < -0.4 is 15.6 Å². The van der Waals surface area contributed by atoms with Crippen molar-refractivity contribution in [3.63, 3.8) is 0 Å². The highest BCUT2D eigenvalue weighted by Gasteiger charge is 2.44. The number of piperidine rings is 1. The number of carbonyl (C=O) groups is 1. The maximum Gasteiger partial charge on any atom is 0.259 e. The summed E-state index contributed by atoms with van der Waals surface area (Å²) in [6.45, 7) is 6.66. The highest BCUT2D eigenvalue weighted by molar-refractivity contribution is 5.95. The number of benzene rings is 1. The van der Waals surface area contributed by atoms with Gasteiger partial charge in [0.05, 0.1) is 49.2 Å². The van der Waals surface area contributed by atoms with Gasteiger partial charge in [-0.15, -0.1) is 0 Å². The van der Waals surface area contributed by atoms with Crippen LogP contribution in [0.2, 0.25) is 0 Å². The average molecular weight is 541 g/mol. The molecule has 0 spiro atoms. The molecule has 2 N–H and O–H groups in total. The lowest BCUT2D eigenvalue weighted by Gasteiger charge is -2.42. The number of fused-ring (bicyclic) bond motifs is 1. The number of aryl methyl sites for hydroxylation is 1. The molecule has 4 aromatic rings. The minimum Gasteiger partial charge on any atom is -0.480 e. The Morgan fingerprint density at radius 3 is 2.62 bits per heavy atom. The summed E-state index contributed by atoms with van der Waals surface area (Å²) >= 11 is 0. The molecule has 3 aromatic heterocycles. The Hall–Kier alpha value is -4.31. The molecular formula is C30H32N6O4. The summed E-state index contributed by atoms with van der Waals surface area (Å²) in [4.78, 5) is 43.9. The number of nitrogens with one attached hydrogen (secondary N) is 2. The Balaban J connectivity index is 1.24. The maximum absolute atomic E-state index is 12.9. The first kappa shape index (κ1) is 25.9. The van der Waals surface area contributed by atoms with Crippen molar-refractivity contribution in [3.05, 3.63) is 70.4 Å². The van der Waals surface area contributed by atoms with Gasteiger partial charge in [-0.1, -0.05) is 6.07 Å². The van der Waals surface area contributed by atoms with E-state index >= 15 is 0 Å². The molecule has 10 nitrogen and oxygen atoms in total.